The minimum atomic E-state index is 0.852. The summed E-state index contributed by atoms with van der Waals surface area (Å²) in [6.07, 6.45) is 0. The Balaban J connectivity index is 1.14. The minimum Gasteiger partial charge on any atom is -0.456 e. The molecule has 12 rings (SSSR count). The molecule has 286 valence electrons. The summed E-state index contributed by atoms with van der Waals surface area (Å²) in [5.41, 5.74) is 15.4. The number of benzene rings is 10. The summed E-state index contributed by atoms with van der Waals surface area (Å²) in [4.78, 5) is 2.47. The summed E-state index contributed by atoms with van der Waals surface area (Å²) in [5.74, 6) is 0. The Morgan fingerprint density at radius 3 is 1.72 bits per heavy atom. The molecule has 3 nitrogen and oxygen atoms in total. The van der Waals surface area contributed by atoms with Gasteiger partial charge >= 0.3 is 0 Å². The summed E-state index contributed by atoms with van der Waals surface area (Å²) < 4.78 is 8.94. The third-order valence-electron chi connectivity index (χ3n) is 12.2. The fraction of sp³-hybridized carbons (Fsp3) is 0. The van der Waals surface area contributed by atoms with Crippen molar-refractivity contribution in [1.82, 2.24) is 4.57 Å². The van der Waals surface area contributed by atoms with E-state index in [4.69, 9.17) is 4.42 Å². The molecule has 0 amide bonds. The molecule has 0 saturated carbocycles. The van der Waals surface area contributed by atoms with Crippen molar-refractivity contribution in [3.63, 3.8) is 0 Å². The van der Waals surface area contributed by atoms with Gasteiger partial charge < -0.3 is 13.9 Å². The standard InChI is InChI=1S/C58H38N2O/c1-3-18-39(19-4-1)44-28-15-20-40-21-16-29-47(57(40)44)45-25-8-13-32-52(45)60(54-33-17-35-56-58(54)48-27-10-14-34-55(48)61-56)50-30-11-7-24-43(50)41-36-37-53-49(38-41)46-26-9-12-31-51(46)59(53)42-22-5-2-6-23-42/h1-38H. The van der Waals surface area contributed by atoms with Gasteiger partial charge in [-0.15, -0.1) is 0 Å². The Hall–Kier alpha value is -8.14. The van der Waals surface area contributed by atoms with Crippen molar-refractivity contribution < 1.29 is 4.42 Å². The van der Waals surface area contributed by atoms with E-state index in [-0.39, 0.29) is 0 Å². The molecule has 0 unspecified atom stereocenters. The van der Waals surface area contributed by atoms with Crippen LogP contribution in [-0.2, 0) is 0 Å². The lowest BCUT2D eigenvalue weighted by atomic mass is 9.90. The van der Waals surface area contributed by atoms with Crippen LogP contribution >= 0.6 is 0 Å². The van der Waals surface area contributed by atoms with Crippen molar-refractivity contribution in [1.29, 1.82) is 0 Å². The van der Waals surface area contributed by atoms with Gasteiger partial charge in [-0.05, 0) is 93.7 Å². The topological polar surface area (TPSA) is 21.3 Å². The van der Waals surface area contributed by atoms with E-state index in [2.05, 4.69) is 234 Å². The highest BCUT2D eigenvalue weighted by molar-refractivity contribution is 6.16. The van der Waals surface area contributed by atoms with Crippen molar-refractivity contribution >= 4 is 71.6 Å². The molecule has 10 aromatic carbocycles. The van der Waals surface area contributed by atoms with Crippen LogP contribution in [0, 0.1) is 0 Å². The molecule has 2 aromatic heterocycles. The number of para-hydroxylation sites is 5. The van der Waals surface area contributed by atoms with E-state index < -0.39 is 0 Å². The van der Waals surface area contributed by atoms with Crippen LogP contribution in [0.3, 0.4) is 0 Å². The molecule has 0 fully saturated rings. The number of hydrogen-bond donors (Lipinski definition) is 0. The van der Waals surface area contributed by atoms with Crippen LogP contribution in [0.5, 0.6) is 0 Å². The molecule has 61 heavy (non-hydrogen) atoms. The maximum atomic E-state index is 6.57. The first-order chi connectivity index (χ1) is 30.3. The van der Waals surface area contributed by atoms with Gasteiger partial charge in [-0.1, -0.05) is 170 Å². The van der Waals surface area contributed by atoms with Crippen LogP contribution in [0.4, 0.5) is 17.1 Å². The van der Waals surface area contributed by atoms with Gasteiger partial charge in [0.2, 0.25) is 0 Å². The first kappa shape index (κ1) is 34.9. The molecule has 0 radical (unpaired) electrons. The van der Waals surface area contributed by atoms with E-state index >= 15 is 0 Å². The molecule has 0 aliphatic rings. The van der Waals surface area contributed by atoms with Crippen LogP contribution in [0.2, 0.25) is 0 Å². The first-order valence-electron chi connectivity index (χ1n) is 20.9. The molecule has 0 bridgehead atoms. The zero-order valence-electron chi connectivity index (χ0n) is 33.2. The van der Waals surface area contributed by atoms with Crippen molar-refractivity contribution in [3.8, 4) is 39.1 Å². The van der Waals surface area contributed by atoms with Gasteiger partial charge in [0.05, 0.1) is 33.5 Å². The van der Waals surface area contributed by atoms with Gasteiger partial charge in [0, 0.05) is 33.0 Å². The number of aromatic nitrogens is 1. The first-order valence-corrected chi connectivity index (χ1v) is 20.9. The van der Waals surface area contributed by atoms with E-state index in [1.165, 1.54) is 49.3 Å². The number of rotatable bonds is 7. The maximum Gasteiger partial charge on any atom is 0.137 e. The zero-order chi connectivity index (χ0) is 40.3. The van der Waals surface area contributed by atoms with Gasteiger partial charge in [0.15, 0.2) is 0 Å². The molecular weight excluding hydrogens is 741 g/mol. The molecule has 12 aromatic rings. The second kappa shape index (κ2) is 14.3. The molecule has 0 aliphatic heterocycles. The number of anilines is 3. The highest BCUT2D eigenvalue weighted by Gasteiger charge is 2.25. The second-order valence-electron chi connectivity index (χ2n) is 15.6. The maximum absolute atomic E-state index is 6.57. The molecule has 3 heteroatoms. The van der Waals surface area contributed by atoms with Gasteiger partial charge in [0.1, 0.15) is 11.2 Å². The zero-order valence-corrected chi connectivity index (χ0v) is 33.2. The largest absolute Gasteiger partial charge is 0.456 e. The van der Waals surface area contributed by atoms with Crippen molar-refractivity contribution in [2.45, 2.75) is 0 Å². The quantitative estimate of drug-likeness (QED) is 0.161. The molecule has 0 N–H and O–H groups in total. The average Bonchev–Trinajstić information content (AvgIpc) is 3.88. The third kappa shape index (κ3) is 5.66. The Bertz CT molecular complexity index is 3590. The number of fused-ring (bicyclic) bond motifs is 7. The summed E-state index contributed by atoms with van der Waals surface area (Å²) in [5, 5.41) is 7.02. The Morgan fingerprint density at radius 2 is 0.902 bits per heavy atom. The van der Waals surface area contributed by atoms with Crippen molar-refractivity contribution in [2.75, 3.05) is 4.90 Å². The van der Waals surface area contributed by atoms with E-state index in [0.29, 0.717) is 0 Å². The molecule has 0 aliphatic carbocycles. The lowest BCUT2D eigenvalue weighted by Crippen LogP contribution is -2.13. The van der Waals surface area contributed by atoms with Crippen LogP contribution in [0.1, 0.15) is 0 Å². The lowest BCUT2D eigenvalue weighted by Gasteiger charge is -2.30. The van der Waals surface area contributed by atoms with Gasteiger partial charge in [-0.2, -0.15) is 0 Å². The third-order valence-corrected chi connectivity index (χ3v) is 12.2. The van der Waals surface area contributed by atoms with E-state index in [1.54, 1.807) is 0 Å². The molecule has 2 heterocycles. The van der Waals surface area contributed by atoms with Crippen LogP contribution in [0.15, 0.2) is 235 Å². The predicted molar refractivity (Wildman–Crippen MR) is 257 cm³/mol. The molecule has 0 spiro atoms. The van der Waals surface area contributed by atoms with Gasteiger partial charge in [-0.3, -0.25) is 0 Å². The molecule has 0 saturated heterocycles. The second-order valence-corrected chi connectivity index (χ2v) is 15.6. The van der Waals surface area contributed by atoms with Crippen molar-refractivity contribution in [3.05, 3.63) is 231 Å². The smallest absolute Gasteiger partial charge is 0.137 e. The fourth-order valence-corrected chi connectivity index (χ4v) is 9.56. The fourth-order valence-electron chi connectivity index (χ4n) is 9.56. The van der Waals surface area contributed by atoms with Crippen LogP contribution in [-0.4, -0.2) is 4.57 Å². The predicted octanol–water partition coefficient (Wildman–Crippen LogP) is 16.3. The molecular formula is C58H38N2O. The Kier molecular flexibility index (Phi) is 8.17. The summed E-state index contributed by atoms with van der Waals surface area (Å²) in [7, 11) is 0. The number of furan rings is 1. The van der Waals surface area contributed by atoms with E-state index in [0.717, 1.165) is 61.4 Å². The minimum absolute atomic E-state index is 0.852. The van der Waals surface area contributed by atoms with Gasteiger partial charge in [0.25, 0.3) is 0 Å². The van der Waals surface area contributed by atoms with Crippen LogP contribution in [0.25, 0.3) is 93.6 Å². The average molecular weight is 779 g/mol. The van der Waals surface area contributed by atoms with Crippen molar-refractivity contribution in [2.24, 2.45) is 0 Å². The summed E-state index contributed by atoms with van der Waals surface area (Å²) in [6.45, 7) is 0. The van der Waals surface area contributed by atoms with Crippen LogP contribution < -0.4 is 4.90 Å². The Labute approximate surface area is 353 Å². The Morgan fingerprint density at radius 1 is 0.328 bits per heavy atom. The summed E-state index contributed by atoms with van der Waals surface area (Å²) in [6, 6.07) is 83.0. The summed E-state index contributed by atoms with van der Waals surface area (Å²) >= 11 is 0. The SMILES string of the molecule is c1ccc(-c2cccc3cccc(-c4ccccc4N(c4ccccc4-c4ccc5c(c4)c4ccccc4n5-c4ccccc4)c4cccc5oc6ccccc6c45)c23)cc1. The normalized spacial score (nSPS) is 11.6. The number of hydrogen-bond acceptors (Lipinski definition) is 2. The molecule has 0 atom stereocenters. The lowest BCUT2D eigenvalue weighted by molar-refractivity contribution is 0.669. The van der Waals surface area contributed by atoms with E-state index in [1.807, 2.05) is 6.07 Å². The number of nitrogens with zero attached hydrogens (tertiary/aromatic N) is 2. The van der Waals surface area contributed by atoms with Gasteiger partial charge in [-0.25, -0.2) is 0 Å². The monoisotopic (exact) mass is 778 g/mol. The van der Waals surface area contributed by atoms with E-state index in [9.17, 15) is 0 Å². The highest BCUT2D eigenvalue weighted by Crippen LogP contribution is 2.50. The highest BCUT2D eigenvalue weighted by atomic mass is 16.3.